The predicted molar refractivity (Wildman–Crippen MR) is 96.8 cm³/mol. The quantitative estimate of drug-likeness (QED) is 0.394. The Bertz CT molecular complexity index is 722. The van der Waals surface area contributed by atoms with E-state index in [-0.39, 0.29) is 0 Å². The molecule has 124 valence electrons. The third-order valence-corrected chi connectivity index (χ3v) is 4.07. The summed E-state index contributed by atoms with van der Waals surface area (Å²) < 4.78 is 5.84. The molecule has 2 aromatic carbocycles. The molecule has 0 aromatic heterocycles. The first-order chi connectivity index (χ1) is 11.8. The SMILES string of the molecule is NNC1(NN)OCCC(=Cc2ccccc2)C1=Cc1ccccc1. The summed E-state index contributed by atoms with van der Waals surface area (Å²) in [4.78, 5) is 0. The van der Waals surface area contributed by atoms with Crippen molar-refractivity contribution in [3.8, 4) is 0 Å². The fourth-order valence-electron chi connectivity index (χ4n) is 2.84. The Balaban J connectivity index is 2.09. The lowest BCUT2D eigenvalue weighted by Gasteiger charge is -2.39. The van der Waals surface area contributed by atoms with Crippen molar-refractivity contribution in [3.63, 3.8) is 0 Å². The van der Waals surface area contributed by atoms with Crippen LogP contribution in [0.5, 0.6) is 0 Å². The molecule has 0 bridgehead atoms. The maximum absolute atomic E-state index is 5.84. The maximum Gasteiger partial charge on any atom is 0.227 e. The molecule has 5 nitrogen and oxygen atoms in total. The Labute approximate surface area is 141 Å². The van der Waals surface area contributed by atoms with E-state index in [9.17, 15) is 0 Å². The van der Waals surface area contributed by atoms with Gasteiger partial charge in [-0.05, 0) is 29.2 Å². The number of ether oxygens (including phenoxy) is 1. The molecule has 0 radical (unpaired) electrons. The lowest BCUT2D eigenvalue weighted by Crippen LogP contribution is -2.66. The Morgan fingerprint density at radius 1 is 0.833 bits per heavy atom. The summed E-state index contributed by atoms with van der Waals surface area (Å²) in [7, 11) is 0. The number of nitrogens with two attached hydrogens (primary N) is 2. The van der Waals surface area contributed by atoms with Gasteiger partial charge in [0.1, 0.15) is 0 Å². The van der Waals surface area contributed by atoms with Crippen LogP contribution >= 0.6 is 0 Å². The summed E-state index contributed by atoms with van der Waals surface area (Å²) in [6, 6.07) is 20.2. The first-order valence-electron chi connectivity index (χ1n) is 7.90. The van der Waals surface area contributed by atoms with Crippen molar-refractivity contribution < 1.29 is 4.74 Å². The van der Waals surface area contributed by atoms with E-state index in [1.807, 2.05) is 54.6 Å². The van der Waals surface area contributed by atoms with Crippen molar-refractivity contribution in [1.82, 2.24) is 10.9 Å². The molecule has 1 heterocycles. The minimum absolute atomic E-state index is 0.513. The molecule has 0 spiro atoms. The van der Waals surface area contributed by atoms with Gasteiger partial charge < -0.3 is 4.74 Å². The summed E-state index contributed by atoms with van der Waals surface area (Å²) in [5.41, 5.74) is 9.53. The third kappa shape index (κ3) is 3.46. The van der Waals surface area contributed by atoms with Crippen molar-refractivity contribution >= 4 is 12.2 Å². The second-order valence-corrected chi connectivity index (χ2v) is 5.62. The van der Waals surface area contributed by atoms with Gasteiger partial charge in [0.2, 0.25) is 5.85 Å². The van der Waals surface area contributed by atoms with Crippen LogP contribution in [-0.4, -0.2) is 12.5 Å². The molecule has 3 rings (SSSR count). The summed E-state index contributed by atoms with van der Waals surface area (Å²) in [6.45, 7) is 0.513. The molecular weight excluding hydrogens is 300 g/mol. The van der Waals surface area contributed by atoms with Gasteiger partial charge in [-0.3, -0.25) is 11.7 Å². The van der Waals surface area contributed by atoms with Crippen LogP contribution in [0.2, 0.25) is 0 Å². The summed E-state index contributed by atoms with van der Waals surface area (Å²) in [6.07, 6.45) is 4.95. The molecule has 6 N–H and O–H groups in total. The van der Waals surface area contributed by atoms with Gasteiger partial charge in [-0.1, -0.05) is 66.7 Å². The van der Waals surface area contributed by atoms with E-state index < -0.39 is 5.85 Å². The number of rotatable bonds is 4. The standard InChI is InChI=1S/C19H22N4O/c20-22-19(23-21)18(14-16-9-5-2-6-10-16)17(11-12-24-19)13-15-7-3-1-4-8-15/h1-10,13-14,22-23H,11-12,20-21H2. The van der Waals surface area contributed by atoms with Crippen LogP contribution in [0.1, 0.15) is 17.5 Å². The van der Waals surface area contributed by atoms with E-state index >= 15 is 0 Å². The second-order valence-electron chi connectivity index (χ2n) is 5.62. The zero-order valence-electron chi connectivity index (χ0n) is 13.4. The second kappa shape index (κ2) is 7.53. The van der Waals surface area contributed by atoms with Gasteiger partial charge in [0, 0.05) is 5.57 Å². The number of hydrogen-bond acceptors (Lipinski definition) is 5. The van der Waals surface area contributed by atoms with Crippen LogP contribution in [0.4, 0.5) is 0 Å². The molecule has 0 amide bonds. The minimum atomic E-state index is -1.12. The van der Waals surface area contributed by atoms with Crippen LogP contribution in [0.3, 0.4) is 0 Å². The summed E-state index contributed by atoms with van der Waals surface area (Å²) in [5.74, 6) is 10.4. The van der Waals surface area contributed by atoms with Gasteiger partial charge in [0.15, 0.2) is 0 Å². The number of hydrazine groups is 2. The van der Waals surface area contributed by atoms with Crippen molar-refractivity contribution in [2.75, 3.05) is 6.61 Å². The van der Waals surface area contributed by atoms with Gasteiger partial charge in [0.05, 0.1) is 6.61 Å². The maximum atomic E-state index is 5.84. The van der Waals surface area contributed by atoms with Crippen molar-refractivity contribution in [3.05, 3.63) is 82.9 Å². The first kappa shape index (κ1) is 16.6. The topological polar surface area (TPSA) is 85.3 Å². The van der Waals surface area contributed by atoms with Crippen LogP contribution in [0.15, 0.2) is 71.8 Å². The monoisotopic (exact) mass is 322 g/mol. The van der Waals surface area contributed by atoms with E-state index in [1.165, 1.54) is 0 Å². The molecule has 1 aliphatic rings. The molecule has 1 aliphatic heterocycles. The average Bonchev–Trinajstić information content (AvgIpc) is 2.65. The lowest BCUT2D eigenvalue weighted by molar-refractivity contribution is -0.0756. The fraction of sp³-hybridized carbons (Fsp3) is 0.158. The molecule has 2 aromatic rings. The zero-order valence-corrected chi connectivity index (χ0v) is 13.4. The highest BCUT2D eigenvalue weighted by Gasteiger charge is 2.38. The minimum Gasteiger partial charge on any atom is -0.341 e. The fourth-order valence-corrected chi connectivity index (χ4v) is 2.84. The largest absolute Gasteiger partial charge is 0.341 e. The normalized spacial score (nSPS) is 20.4. The molecule has 1 saturated heterocycles. The van der Waals surface area contributed by atoms with Gasteiger partial charge in [-0.15, -0.1) is 0 Å². The third-order valence-electron chi connectivity index (χ3n) is 4.07. The van der Waals surface area contributed by atoms with Crippen molar-refractivity contribution in [2.24, 2.45) is 11.7 Å². The van der Waals surface area contributed by atoms with Crippen LogP contribution in [0, 0.1) is 0 Å². The Morgan fingerprint density at radius 3 is 1.92 bits per heavy atom. The van der Waals surface area contributed by atoms with E-state index in [1.54, 1.807) is 0 Å². The molecule has 0 saturated carbocycles. The molecular formula is C19H22N4O. The number of nitrogens with one attached hydrogen (secondary N) is 2. The van der Waals surface area contributed by atoms with Crippen LogP contribution in [-0.2, 0) is 4.74 Å². The van der Waals surface area contributed by atoms with E-state index in [0.717, 1.165) is 28.7 Å². The summed E-state index contributed by atoms with van der Waals surface area (Å²) in [5, 5.41) is 0. The number of hydrogen-bond donors (Lipinski definition) is 4. The van der Waals surface area contributed by atoms with Crippen LogP contribution in [0.25, 0.3) is 12.2 Å². The summed E-state index contributed by atoms with van der Waals surface area (Å²) >= 11 is 0. The average molecular weight is 322 g/mol. The Hall–Kier alpha value is -2.28. The number of benzene rings is 2. The molecule has 24 heavy (non-hydrogen) atoms. The molecule has 5 heteroatoms. The first-order valence-corrected chi connectivity index (χ1v) is 7.90. The zero-order chi connectivity index (χ0) is 16.8. The highest BCUT2D eigenvalue weighted by atomic mass is 16.5. The lowest BCUT2D eigenvalue weighted by atomic mass is 9.92. The highest BCUT2D eigenvalue weighted by Crippen LogP contribution is 2.33. The Kier molecular flexibility index (Phi) is 5.20. The molecule has 1 fully saturated rings. The van der Waals surface area contributed by atoms with Crippen molar-refractivity contribution in [1.29, 1.82) is 0 Å². The van der Waals surface area contributed by atoms with Gasteiger partial charge in [-0.2, -0.15) is 0 Å². The van der Waals surface area contributed by atoms with Gasteiger partial charge in [-0.25, -0.2) is 10.9 Å². The molecule has 0 atom stereocenters. The molecule has 0 aliphatic carbocycles. The highest BCUT2D eigenvalue weighted by molar-refractivity contribution is 5.68. The Morgan fingerprint density at radius 2 is 1.38 bits per heavy atom. The van der Waals surface area contributed by atoms with Crippen molar-refractivity contribution in [2.45, 2.75) is 12.3 Å². The smallest absolute Gasteiger partial charge is 0.227 e. The predicted octanol–water partition coefficient (Wildman–Crippen LogP) is 2.15. The van der Waals surface area contributed by atoms with E-state index in [4.69, 9.17) is 16.4 Å². The van der Waals surface area contributed by atoms with Crippen LogP contribution < -0.4 is 22.5 Å². The van der Waals surface area contributed by atoms with E-state index in [0.29, 0.717) is 6.61 Å². The van der Waals surface area contributed by atoms with Gasteiger partial charge >= 0.3 is 0 Å². The molecule has 0 unspecified atom stereocenters. The van der Waals surface area contributed by atoms with Gasteiger partial charge in [0.25, 0.3) is 0 Å². The van der Waals surface area contributed by atoms with E-state index in [2.05, 4.69) is 29.1 Å².